The predicted octanol–water partition coefficient (Wildman–Crippen LogP) is 7.28. The molecule has 16 nitrogen and oxygen atoms in total. The normalized spacial score (nSPS) is 20.0. The molecule has 3 atom stereocenters. The van der Waals surface area contributed by atoms with Gasteiger partial charge in [-0.25, -0.2) is 29.9 Å². The number of pyridine rings is 4. The van der Waals surface area contributed by atoms with Crippen molar-refractivity contribution in [1.29, 1.82) is 0 Å². The minimum Gasteiger partial charge on any atom is -0.379 e. The fraction of sp³-hybridized carbons (Fsp3) is 0.429. The number of aromatic nitrogens is 10. The van der Waals surface area contributed by atoms with Gasteiger partial charge in [-0.3, -0.25) is 9.59 Å². The number of nitrogens with one attached hydrogen (secondary N) is 2. The summed E-state index contributed by atoms with van der Waals surface area (Å²) >= 11 is 0. The topological polar surface area (TPSA) is 162 Å². The number of hydrogen-bond donors (Lipinski definition) is 2. The molecular formula is C49H51F3N14O2. The third-order valence-corrected chi connectivity index (χ3v) is 14.5. The molecule has 8 aromatic heterocycles. The molecule has 0 unspecified atom stereocenters. The van der Waals surface area contributed by atoms with Gasteiger partial charge in [0.15, 0.2) is 22.9 Å². The first kappa shape index (κ1) is 42.5. The van der Waals surface area contributed by atoms with Gasteiger partial charge in [0, 0.05) is 87.8 Å². The average molecular weight is 925 g/mol. The lowest BCUT2D eigenvalue weighted by Crippen LogP contribution is -2.48. The molecule has 68 heavy (non-hydrogen) atoms. The predicted molar refractivity (Wildman–Crippen MR) is 251 cm³/mol. The minimum absolute atomic E-state index is 0.134. The fourth-order valence-electron chi connectivity index (χ4n) is 10.9. The highest BCUT2D eigenvalue weighted by molar-refractivity contribution is 5.98. The number of anilines is 1. The number of halogens is 3. The number of nitrogens with zero attached hydrogens (tertiary/aromatic N) is 12. The van der Waals surface area contributed by atoms with Crippen LogP contribution >= 0.6 is 0 Å². The van der Waals surface area contributed by atoms with E-state index in [-0.39, 0.29) is 41.1 Å². The van der Waals surface area contributed by atoms with E-state index < -0.39 is 12.7 Å². The number of fused-ring (bicyclic) bond motifs is 5. The van der Waals surface area contributed by atoms with Crippen LogP contribution in [-0.4, -0.2) is 121 Å². The van der Waals surface area contributed by atoms with Crippen molar-refractivity contribution in [3.8, 4) is 23.0 Å². The van der Waals surface area contributed by atoms with Crippen molar-refractivity contribution in [3.05, 3.63) is 78.4 Å². The van der Waals surface area contributed by atoms with Crippen LogP contribution in [0.3, 0.4) is 0 Å². The monoisotopic (exact) mass is 924 g/mol. The van der Waals surface area contributed by atoms with E-state index in [1.54, 1.807) is 36.0 Å². The largest absolute Gasteiger partial charge is 0.406 e. The Morgan fingerprint density at radius 2 is 1.46 bits per heavy atom. The van der Waals surface area contributed by atoms with Crippen LogP contribution < -0.4 is 10.6 Å². The molecule has 8 aromatic rings. The number of piperidine rings is 2. The smallest absolute Gasteiger partial charge is 0.379 e. The van der Waals surface area contributed by atoms with Crippen LogP contribution in [0.25, 0.3) is 67.4 Å². The summed E-state index contributed by atoms with van der Waals surface area (Å²) in [5.74, 6) is 1.99. The van der Waals surface area contributed by atoms with Gasteiger partial charge in [0.25, 0.3) is 11.8 Å². The van der Waals surface area contributed by atoms with Crippen molar-refractivity contribution < 1.29 is 22.8 Å². The van der Waals surface area contributed by atoms with E-state index in [9.17, 15) is 22.8 Å². The maximum Gasteiger partial charge on any atom is 0.406 e. The van der Waals surface area contributed by atoms with Gasteiger partial charge in [0.05, 0.1) is 34.4 Å². The average Bonchev–Trinajstić information content (AvgIpc) is 3.64. The Morgan fingerprint density at radius 3 is 2.24 bits per heavy atom. The molecule has 1 saturated carbocycles. The molecule has 12 rings (SSSR count). The number of hydrogen-bond acceptors (Lipinski definition) is 10. The summed E-state index contributed by atoms with van der Waals surface area (Å²) < 4.78 is 49.9. The van der Waals surface area contributed by atoms with Crippen LogP contribution in [0.15, 0.2) is 67.3 Å². The zero-order chi connectivity index (χ0) is 46.4. The highest BCUT2D eigenvalue weighted by Gasteiger charge is 2.36. The molecule has 350 valence electrons. The van der Waals surface area contributed by atoms with Crippen LogP contribution in [0, 0.1) is 11.8 Å². The van der Waals surface area contributed by atoms with E-state index in [0.29, 0.717) is 89.1 Å². The Kier molecular flexibility index (Phi) is 10.3. The molecule has 0 radical (unpaired) electrons. The third-order valence-electron chi connectivity index (χ3n) is 14.5. The van der Waals surface area contributed by atoms with Gasteiger partial charge in [-0.05, 0) is 106 Å². The highest BCUT2D eigenvalue weighted by atomic mass is 19.4. The summed E-state index contributed by atoms with van der Waals surface area (Å²) in [6, 6.07) is 13.3. The van der Waals surface area contributed by atoms with Crippen LogP contribution in [0.4, 0.5) is 18.9 Å². The van der Waals surface area contributed by atoms with Crippen molar-refractivity contribution in [2.45, 2.75) is 83.3 Å². The van der Waals surface area contributed by atoms with E-state index in [4.69, 9.17) is 19.9 Å². The summed E-state index contributed by atoms with van der Waals surface area (Å²) in [4.78, 5) is 60.0. The van der Waals surface area contributed by atoms with Gasteiger partial charge >= 0.3 is 6.18 Å². The van der Waals surface area contributed by atoms with Gasteiger partial charge in [0.2, 0.25) is 0 Å². The molecule has 2 amide bonds. The third kappa shape index (κ3) is 7.60. The second kappa shape index (κ2) is 16.4. The number of alkyl halides is 3. The molecule has 11 heterocycles. The Bertz CT molecular complexity index is 3290. The molecule has 2 N–H and O–H groups in total. The number of carbonyl (C=O) groups excluding carboxylic acids is 2. The second-order valence-electron chi connectivity index (χ2n) is 19.1. The minimum atomic E-state index is -4.55. The molecule has 0 bridgehead atoms. The number of aryl methyl sites for hydroxylation is 2. The number of rotatable bonds is 10. The molecule has 4 aliphatic rings. The Hall–Kier alpha value is -6.89. The van der Waals surface area contributed by atoms with Crippen molar-refractivity contribution in [2.75, 3.05) is 38.0 Å². The molecule has 19 heteroatoms. The highest BCUT2D eigenvalue weighted by Crippen LogP contribution is 2.37. The lowest BCUT2D eigenvalue weighted by atomic mass is 9.92. The van der Waals surface area contributed by atoms with Crippen molar-refractivity contribution in [2.24, 2.45) is 18.9 Å². The molecular weight excluding hydrogens is 874 g/mol. The first-order chi connectivity index (χ1) is 33.0. The van der Waals surface area contributed by atoms with Gasteiger partial charge in [-0.15, -0.1) is 0 Å². The van der Waals surface area contributed by atoms with Gasteiger partial charge in [-0.2, -0.15) is 13.2 Å². The van der Waals surface area contributed by atoms with E-state index >= 15 is 0 Å². The van der Waals surface area contributed by atoms with Crippen molar-refractivity contribution in [3.63, 3.8) is 0 Å². The number of amides is 2. The molecule has 0 spiro atoms. The van der Waals surface area contributed by atoms with Gasteiger partial charge in [0.1, 0.15) is 28.9 Å². The number of imidazole rings is 2. The maximum atomic E-state index is 14.2. The summed E-state index contributed by atoms with van der Waals surface area (Å²) in [5.41, 5.74) is 5.98. The fourth-order valence-corrected chi connectivity index (χ4v) is 10.9. The van der Waals surface area contributed by atoms with E-state index in [1.165, 1.54) is 25.2 Å². The number of likely N-dealkylation sites (tertiary alicyclic amines) is 2. The van der Waals surface area contributed by atoms with Crippen LogP contribution in [0.2, 0.25) is 0 Å². The van der Waals surface area contributed by atoms with Crippen LogP contribution in [0.5, 0.6) is 0 Å². The summed E-state index contributed by atoms with van der Waals surface area (Å²) in [7, 11) is 1.71. The van der Waals surface area contributed by atoms with E-state index in [2.05, 4.69) is 48.8 Å². The zero-order valence-electron chi connectivity index (χ0n) is 37.9. The molecule has 1 aliphatic carbocycles. The molecule has 3 aliphatic heterocycles. The van der Waals surface area contributed by atoms with Gasteiger partial charge in [-0.1, -0.05) is 0 Å². The standard InChI is InChI=1S/C49H51F3N14O2/c1-3-64-44-37(60-46(64)40-19-30-6-4-12-54-41(30)65(40)24-28-8-9-28)18-33(22-56-44)47(67)62-14-5-7-34(25-62)58-35-16-31-20-39(66(27-49(50,51)52)42(31)57-23-35)45-59-36-17-32(21-55-43(36)61(45)2)48(68)63-15-11-29-10-13-53-38(29)26-63/h4,6,12,16-23,28-29,34,38,53,58H,3,5,7-11,13-15,24-27H2,1-2H3/t29-,34+,38+/m0/s1. The van der Waals surface area contributed by atoms with Crippen LogP contribution in [0.1, 0.15) is 66.2 Å². The molecule has 4 fully saturated rings. The van der Waals surface area contributed by atoms with Crippen molar-refractivity contribution in [1.82, 2.24) is 63.3 Å². The Labute approximate surface area is 388 Å². The van der Waals surface area contributed by atoms with Crippen LogP contribution in [-0.2, 0) is 26.7 Å². The first-order valence-corrected chi connectivity index (χ1v) is 23.7. The number of carbonyl (C=O) groups is 2. The summed E-state index contributed by atoms with van der Waals surface area (Å²) in [5, 5.41) is 8.57. The van der Waals surface area contributed by atoms with Gasteiger partial charge < -0.3 is 38.7 Å². The molecule has 3 saturated heterocycles. The lowest BCUT2D eigenvalue weighted by Gasteiger charge is -2.34. The first-order valence-electron chi connectivity index (χ1n) is 23.7. The maximum absolute atomic E-state index is 14.2. The Morgan fingerprint density at radius 1 is 0.750 bits per heavy atom. The molecule has 0 aromatic carbocycles. The second-order valence-corrected chi connectivity index (χ2v) is 19.1. The van der Waals surface area contributed by atoms with E-state index in [1.807, 2.05) is 28.1 Å². The summed E-state index contributed by atoms with van der Waals surface area (Å²) in [6.45, 7) is 5.55. The zero-order valence-corrected chi connectivity index (χ0v) is 37.9. The lowest BCUT2D eigenvalue weighted by molar-refractivity contribution is -0.139. The Balaban J connectivity index is 0.788. The quantitative estimate of drug-likeness (QED) is 0.143. The SMILES string of the molecule is CCn1c(-c2cc3cccnc3n2CC2CC2)nc2cc(C(=O)N3CCC[C@@H](Nc4cnc5c(c4)cc(-c4nc6cc(C(=O)N7CC[C@@H]8CCN[C@@H]8C7)cnc6n4C)n5CC(F)(F)F)C3)cnc21. The van der Waals surface area contributed by atoms with E-state index in [0.717, 1.165) is 65.9 Å². The summed E-state index contributed by atoms with van der Waals surface area (Å²) in [6.07, 6.45) is 7.98. The van der Waals surface area contributed by atoms with Crippen molar-refractivity contribution >= 4 is 61.9 Å².